The molecular formula is C19H15N3O2S. The van der Waals surface area contributed by atoms with Crippen molar-refractivity contribution in [1.29, 1.82) is 5.26 Å². The second-order valence-corrected chi connectivity index (χ2v) is 6.29. The molecule has 25 heavy (non-hydrogen) atoms. The summed E-state index contributed by atoms with van der Waals surface area (Å²) in [4.78, 5) is 16.6. The maximum Gasteiger partial charge on any atom is 0.255 e. The van der Waals surface area contributed by atoms with Crippen LogP contribution in [-0.4, -0.2) is 10.9 Å². The number of ether oxygens (including phenoxy) is 1. The van der Waals surface area contributed by atoms with Crippen LogP contribution in [0, 0.1) is 18.3 Å². The molecule has 0 aliphatic carbocycles. The number of nitrogens with zero attached hydrogens (tertiary/aromatic N) is 2. The molecule has 3 aromatic rings. The molecule has 0 aliphatic rings. The van der Waals surface area contributed by atoms with E-state index in [0.717, 1.165) is 10.7 Å². The molecule has 3 rings (SSSR count). The lowest BCUT2D eigenvalue weighted by Crippen LogP contribution is -2.11. The van der Waals surface area contributed by atoms with E-state index in [1.165, 1.54) is 0 Å². The maximum absolute atomic E-state index is 12.3. The highest BCUT2D eigenvalue weighted by Crippen LogP contribution is 2.17. The highest BCUT2D eigenvalue weighted by molar-refractivity contribution is 7.09. The Balaban J connectivity index is 1.61. The molecule has 0 saturated carbocycles. The van der Waals surface area contributed by atoms with Crippen molar-refractivity contribution in [3.63, 3.8) is 0 Å². The Morgan fingerprint density at radius 1 is 1.28 bits per heavy atom. The Morgan fingerprint density at radius 2 is 2.08 bits per heavy atom. The van der Waals surface area contributed by atoms with Crippen molar-refractivity contribution in [2.75, 3.05) is 5.32 Å². The molecule has 0 atom stereocenters. The van der Waals surface area contributed by atoms with Crippen LogP contribution in [-0.2, 0) is 6.61 Å². The Labute approximate surface area is 149 Å². The van der Waals surface area contributed by atoms with Gasteiger partial charge in [-0.1, -0.05) is 6.07 Å². The number of nitriles is 1. The first-order valence-corrected chi connectivity index (χ1v) is 8.47. The Morgan fingerprint density at radius 3 is 2.76 bits per heavy atom. The van der Waals surface area contributed by atoms with Gasteiger partial charge in [-0.15, -0.1) is 11.3 Å². The number of carbonyl (C=O) groups is 1. The summed E-state index contributed by atoms with van der Waals surface area (Å²) in [5, 5.41) is 14.6. The zero-order chi connectivity index (χ0) is 17.6. The van der Waals surface area contributed by atoms with Gasteiger partial charge in [-0.2, -0.15) is 5.26 Å². The summed E-state index contributed by atoms with van der Waals surface area (Å²) in [5.41, 5.74) is 2.58. The summed E-state index contributed by atoms with van der Waals surface area (Å²) in [5.74, 6) is 0.438. The summed E-state index contributed by atoms with van der Waals surface area (Å²) in [6.45, 7) is 2.35. The lowest BCUT2D eigenvalue weighted by atomic mass is 10.2. The highest BCUT2D eigenvalue weighted by atomic mass is 32.1. The third-order valence-electron chi connectivity index (χ3n) is 3.39. The number of anilines is 1. The van der Waals surface area contributed by atoms with Crippen molar-refractivity contribution in [2.45, 2.75) is 13.5 Å². The van der Waals surface area contributed by atoms with Crippen LogP contribution in [0.5, 0.6) is 5.75 Å². The van der Waals surface area contributed by atoms with Gasteiger partial charge in [-0.3, -0.25) is 4.79 Å². The molecule has 2 aromatic carbocycles. The van der Waals surface area contributed by atoms with Crippen LogP contribution in [0.1, 0.15) is 26.6 Å². The zero-order valence-corrected chi connectivity index (χ0v) is 14.3. The number of amides is 1. The predicted octanol–water partition coefficient (Wildman–Crippen LogP) is 4.15. The first-order valence-electron chi connectivity index (χ1n) is 7.59. The molecule has 1 heterocycles. The molecule has 0 bridgehead atoms. The third kappa shape index (κ3) is 4.43. The van der Waals surface area contributed by atoms with Gasteiger partial charge in [-0.05, 0) is 49.4 Å². The van der Waals surface area contributed by atoms with Gasteiger partial charge in [0.2, 0.25) is 0 Å². The molecule has 1 N–H and O–H groups in total. The predicted molar refractivity (Wildman–Crippen MR) is 96.7 cm³/mol. The SMILES string of the molecule is Cc1csc(COc2ccc(C(=O)Nc3cccc(C#N)c3)cc2)n1. The summed E-state index contributed by atoms with van der Waals surface area (Å²) < 4.78 is 5.67. The normalized spacial score (nSPS) is 10.1. The van der Waals surface area contributed by atoms with E-state index in [2.05, 4.69) is 10.3 Å². The maximum atomic E-state index is 12.3. The molecule has 1 aromatic heterocycles. The number of hydrogen-bond donors (Lipinski definition) is 1. The van der Waals surface area contributed by atoms with Crippen LogP contribution in [0.15, 0.2) is 53.9 Å². The van der Waals surface area contributed by atoms with Gasteiger partial charge in [0.25, 0.3) is 5.91 Å². The van der Waals surface area contributed by atoms with E-state index >= 15 is 0 Å². The monoisotopic (exact) mass is 349 g/mol. The minimum absolute atomic E-state index is 0.239. The molecular weight excluding hydrogens is 334 g/mol. The standard InChI is InChI=1S/C19H15N3O2S/c1-13-12-25-18(21-13)11-24-17-7-5-15(6-8-17)19(23)22-16-4-2-3-14(9-16)10-20/h2-9,12H,11H2,1H3,(H,22,23). The van der Waals surface area contributed by atoms with Crippen LogP contribution < -0.4 is 10.1 Å². The number of aryl methyl sites for hydroxylation is 1. The van der Waals surface area contributed by atoms with E-state index in [1.807, 2.05) is 18.4 Å². The number of rotatable bonds is 5. The van der Waals surface area contributed by atoms with E-state index in [1.54, 1.807) is 59.9 Å². The molecule has 0 fully saturated rings. The van der Waals surface area contributed by atoms with Crippen LogP contribution >= 0.6 is 11.3 Å². The van der Waals surface area contributed by atoms with Crippen molar-refractivity contribution in [3.05, 3.63) is 75.7 Å². The molecule has 5 nitrogen and oxygen atoms in total. The number of hydrogen-bond acceptors (Lipinski definition) is 5. The van der Waals surface area contributed by atoms with Gasteiger partial charge in [0.1, 0.15) is 17.4 Å². The quantitative estimate of drug-likeness (QED) is 0.751. The number of nitrogens with one attached hydrogen (secondary N) is 1. The average Bonchev–Trinajstić information content (AvgIpc) is 3.06. The molecule has 0 aliphatic heterocycles. The topological polar surface area (TPSA) is 75.0 Å². The van der Waals surface area contributed by atoms with Gasteiger partial charge in [0.05, 0.1) is 11.6 Å². The van der Waals surface area contributed by atoms with Crippen LogP contribution in [0.4, 0.5) is 5.69 Å². The summed E-state index contributed by atoms with van der Waals surface area (Å²) in [7, 11) is 0. The molecule has 6 heteroatoms. The summed E-state index contributed by atoms with van der Waals surface area (Å²) in [6, 6.07) is 15.7. The van der Waals surface area contributed by atoms with E-state index in [0.29, 0.717) is 29.2 Å². The third-order valence-corrected chi connectivity index (χ3v) is 4.34. The van der Waals surface area contributed by atoms with Crippen LogP contribution in [0.25, 0.3) is 0 Å². The van der Waals surface area contributed by atoms with Crippen LogP contribution in [0.2, 0.25) is 0 Å². The average molecular weight is 349 g/mol. The molecule has 0 unspecified atom stereocenters. The molecule has 1 amide bonds. The highest BCUT2D eigenvalue weighted by Gasteiger charge is 2.07. The minimum atomic E-state index is -0.239. The Kier molecular flexibility index (Phi) is 5.07. The molecule has 124 valence electrons. The largest absolute Gasteiger partial charge is 0.486 e. The fourth-order valence-electron chi connectivity index (χ4n) is 2.19. The Bertz CT molecular complexity index is 926. The van der Waals surface area contributed by atoms with E-state index in [4.69, 9.17) is 10.00 Å². The summed E-state index contributed by atoms with van der Waals surface area (Å²) in [6.07, 6.45) is 0. The fraction of sp³-hybridized carbons (Fsp3) is 0.105. The zero-order valence-electron chi connectivity index (χ0n) is 13.5. The van der Waals surface area contributed by atoms with E-state index in [-0.39, 0.29) is 5.91 Å². The van der Waals surface area contributed by atoms with E-state index < -0.39 is 0 Å². The van der Waals surface area contributed by atoms with Crippen molar-refractivity contribution >= 4 is 22.9 Å². The van der Waals surface area contributed by atoms with E-state index in [9.17, 15) is 4.79 Å². The Hall–Kier alpha value is -3.17. The van der Waals surface area contributed by atoms with Gasteiger partial charge in [0, 0.05) is 22.3 Å². The van der Waals surface area contributed by atoms with Gasteiger partial charge in [-0.25, -0.2) is 4.98 Å². The van der Waals surface area contributed by atoms with Crippen molar-refractivity contribution in [1.82, 2.24) is 4.98 Å². The van der Waals surface area contributed by atoms with Gasteiger partial charge < -0.3 is 10.1 Å². The minimum Gasteiger partial charge on any atom is -0.486 e. The van der Waals surface area contributed by atoms with Crippen LogP contribution in [0.3, 0.4) is 0 Å². The number of benzene rings is 2. The molecule has 0 saturated heterocycles. The smallest absolute Gasteiger partial charge is 0.255 e. The lowest BCUT2D eigenvalue weighted by molar-refractivity contribution is 0.102. The van der Waals surface area contributed by atoms with Crippen molar-refractivity contribution in [3.8, 4) is 11.8 Å². The molecule has 0 radical (unpaired) electrons. The van der Waals surface area contributed by atoms with Crippen molar-refractivity contribution < 1.29 is 9.53 Å². The van der Waals surface area contributed by atoms with Gasteiger partial charge in [0.15, 0.2) is 0 Å². The number of carbonyl (C=O) groups excluding carboxylic acids is 1. The number of aromatic nitrogens is 1. The molecule has 0 spiro atoms. The summed E-state index contributed by atoms with van der Waals surface area (Å²) >= 11 is 1.56. The van der Waals surface area contributed by atoms with Gasteiger partial charge >= 0.3 is 0 Å². The fourth-order valence-corrected chi connectivity index (χ4v) is 2.87. The first-order chi connectivity index (χ1) is 12.1. The second-order valence-electron chi connectivity index (χ2n) is 5.34. The van der Waals surface area contributed by atoms with Crippen molar-refractivity contribution in [2.24, 2.45) is 0 Å². The number of thiazole rings is 1. The first kappa shape index (κ1) is 16.7. The lowest BCUT2D eigenvalue weighted by Gasteiger charge is -2.07. The second kappa shape index (κ2) is 7.60.